The monoisotopic (exact) mass is 468 g/mol. The van der Waals surface area contributed by atoms with Crippen LogP contribution in [-0.2, 0) is 0 Å². The van der Waals surface area contributed by atoms with Gasteiger partial charge in [-0.15, -0.1) is 0 Å². The van der Waals surface area contributed by atoms with E-state index in [-0.39, 0.29) is 15.1 Å². The first-order valence-corrected chi connectivity index (χ1v) is 19.9. The first-order valence-electron chi connectivity index (χ1n) is 11.2. The second-order valence-electron chi connectivity index (χ2n) is 13.2. The molecule has 174 valence electrons. The molecule has 0 aliphatic rings. The summed E-state index contributed by atoms with van der Waals surface area (Å²) in [5.41, 5.74) is 0. The summed E-state index contributed by atoms with van der Waals surface area (Å²) in [6, 6.07) is 6.21. The summed E-state index contributed by atoms with van der Waals surface area (Å²) < 4.78 is 20.0. The SMILES string of the molecule is CC(C)(C)[Si](C)(C)Oc1cc(O[Si](C)(C)C(C)(C)C)cc(O[Si](C)(C)C(C)(C)C)c1. The second kappa shape index (κ2) is 8.32. The van der Waals surface area contributed by atoms with Crippen molar-refractivity contribution in [2.24, 2.45) is 0 Å². The van der Waals surface area contributed by atoms with Crippen LogP contribution in [0.15, 0.2) is 18.2 Å². The van der Waals surface area contributed by atoms with Crippen molar-refractivity contribution in [2.75, 3.05) is 0 Å². The van der Waals surface area contributed by atoms with Gasteiger partial charge in [0.15, 0.2) is 0 Å². The molecule has 6 heteroatoms. The van der Waals surface area contributed by atoms with Crippen LogP contribution in [0.25, 0.3) is 0 Å². The highest BCUT2D eigenvalue weighted by Crippen LogP contribution is 2.43. The van der Waals surface area contributed by atoms with Crippen molar-refractivity contribution < 1.29 is 13.3 Å². The molecule has 0 saturated carbocycles. The zero-order valence-electron chi connectivity index (χ0n) is 22.5. The van der Waals surface area contributed by atoms with Gasteiger partial charge in [0.25, 0.3) is 0 Å². The molecule has 0 saturated heterocycles. The zero-order chi connectivity index (χ0) is 24.0. The number of rotatable bonds is 6. The summed E-state index contributed by atoms with van der Waals surface area (Å²) in [7, 11) is -5.91. The third kappa shape index (κ3) is 6.63. The minimum Gasteiger partial charge on any atom is -0.543 e. The fourth-order valence-electron chi connectivity index (χ4n) is 2.07. The van der Waals surface area contributed by atoms with E-state index in [2.05, 4.69) is 120 Å². The Bertz CT molecular complexity index is 621. The standard InChI is InChI=1S/C24H48O3Si3/c1-22(2,3)28(10,11)25-19-16-20(26-29(12,13)23(4,5)6)18-21(17-19)27-30(14,15)24(7,8)9/h16-18H,1-15H3. The lowest BCUT2D eigenvalue weighted by Gasteiger charge is -2.39. The summed E-state index contributed by atoms with van der Waals surface area (Å²) in [5, 5.41) is 0.386. The van der Waals surface area contributed by atoms with Crippen LogP contribution in [0.3, 0.4) is 0 Å². The molecule has 0 spiro atoms. The van der Waals surface area contributed by atoms with E-state index in [1.807, 2.05) is 0 Å². The van der Waals surface area contributed by atoms with E-state index >= 15 is 0 Å². The number of benzene rings is 1. The van der Waals surface area contributed by atoms with Gasteiger partial charge in [0.2, 0.25) is 25.0 Å². The summed E-state index contributed by atoms with van der Waals surface area (Å²) in [5.74, 6) is 2.60. The molecule has 0 radical (unpaired) electrons. The first-order chi connectivity index (χ1) is 13.0. The van der Waals surface area contributed by atoms with Crippen LogP contribution in [0.1, 0.15) is 62.3 Å². The summed E-state index contributed by atoms with van der Waals surface area (Å²) in [4.78, 5) is 0. The van der Waals surface area contributed by atoms with Crippen LogP contribution >= 0.6 is 0 Å². The molecule has 0 amide bonds. The Morgan fingerprint density at radius 2 is 0.600 bits per heavy atom. The quantitative estimate of drug-likeness (QED) is 0.390. The maximum atomic E-state index is 6.66. The Morgan fingerprint density at radius 1 is 0.433 bits per heavy atom. The van der Waals surface area contributed by atoms with E-state index in [0.29, 0.717) is 0 Å². The van der Waals surface area contributed by atoms with Gasteiger partial charge >= 0.3 is 0 Å². The molecular formula is C24H48O3Si3. The average molecular weight is 469 g/mol. The maximum absolute atomic E-state index is 6.66. The van der Waals surface area contributed by atoms with Gasteiger partial charge in [0.1, 0.15) is 17.2 Å². The van der Waals surface area contributed by atoms with Crippen LogP contribution in [0, 0.1) is 0 Å². The number of hydrogen-bond donors (Lipinski definition) is 0. The van der Waals surface area contributed by atoms with Crippen molar-refractivity contribution in [3.05, 3.63) is 18.2 Å². The third-order valence-electron chi connectivity index (χ3n) is 7.39. The van der Waals surface area contributed by atoms with Crippen molar-refractivity contribution >= 4 is 25.0 Å². The van der Waals surface area contributed by atoms with Crippen LogP contribution in [0.5, 0.6) is 17.2 Å². The van der Waals surface area contributed by atoms with Crippen molar-refractivity contribution in [3.63, 3.8) is 0 Å². The Morgan fingerprint density at radius 3 is 0.733 bits per heavy atom. The fraction of sp³-hybridized carbons (Fsp3) is 0.750. The Labute approximate surface area is 190 Å². The molecule has 0 N–H and O–H groups in total. The van der Waals surface area contributed by atoms with Gasteiger partial charge in [-0.3, -0.25) is 0 Å². The Balaban J connectivity index is 3.45. The molecule has 1 aromatic carbocycles. The van der Waals surface area contributed by atoms with Crippen molar-refractivity contribution in [1.29, 1.82) is 0 Å². The molecule has 1 aromatic rings. The molecule has 30 heavy (non-hydrogen) atoms. The molecule has 0 aliphatic heterocycles. The first kappa shape index (κ1) is 27.3. The minimum absolute atomic E-state index is 0.129. The third-order valence-corrected chi connectivity index (χ3v) is 20.5. The van der Waals surface area contributed by atoms with Gasteiger partial charge in [-0.2, -0.15) is 0 Å². The smallest absolute Gasteiger partial charge is 0.250 e. The predicted octanol–water partition coefficient (Wildman–Crippen LogP) is 8.84. The average Bonchev–Trinajstić information content (AvgIpc) is 2.41. The Hall–Kier alpha value is -0.729. The lowest BCUT2D eigenvalue weighted by Crippen LogP contribution is -2.45. The molecule has 0 bridgehead atoms. The normalized spacial score (nSPS) is 14.5. The highest BCUT2D eigenvalue weighted by Gasteiger charge is 2.42. The summed E-state index contributed by atoms with van der Waals surface area (Å²) in [6.07, 6.45) is 0. The van der Waals surface area contributed by atoms with E-state index in [0.717, 1.165) is 17.2 Å². The highest BCUT2D eigenvalue weighted by molar-refractivity contribution is 6.75. The van der Waals surface area contributed by atoms with E-state index < -0.39 is 25.0 Å². The maximum Gasteiger partial charge on any atom is 0.250 e. The van der Waals surface area contributed by atoms with E-state index in [4.69, 9.17) is 13.3 Å². The molecular weight excluding hydrogens is 421 g/mol. The molecule has 0 unspecified atom stereocenters. The van der Waals surface area contributed by atoms with Crippen molar-refractivity contribution in [3.8, 4) is 17.2 Å². The molecule has 3 nitrogen and oxygen atoms in total. The van der Waals surface area contributed by atoms with E-state index in [1.54, 1.807) is 0 Å². The predicted molar refractivity (Wildman–Crippen MR) is 140 cm³/mol. The van der Waals surface area contributed by atoms with Crippen LogP contribution in [-0.4, -0.2) is 25.0 Å². The lowest BCUT2D eigenvalue weighted by atomic mass is 10.2. The van der Waals surface area contributed by atoms with Gasteiger partial charge in [-0.05, 0) is 54.4 Å². The minimum atomic E-state index is -1.97. The molecule has 0 fully saturated rings. The molecule has 0 heterocycles. The van der Waals surface area contributed by atoms with Crippen LogP contribution in [0.2, 0.25) is 54.4 Å². The zero-order valence-corrected chi connectivity index (χ0v) is 25.5. The van der Waals surface area contributed by atoms with Gasteiger partial charge in [0.05, 0.1) is 0 Å². The number of hydrogen-bond acceptors (Lipinski definition) is 3. The molecule has 0 atom stereocenters. The van der Waals surface area contributed by atoms with Crippen molar-refractivity contribution in [1.82, 2.24) is 0 Å². The lowest BCUT2D eigenvalue weighted by molar-refractivity contribution is 0.457. The van der Waals surface area contributed by atoms with E-state index in [1.165, 1.54) is 0 Å². The molecule has 1 rings (SSSR count). The second-order valence-corrected chi connectivity index (χ2v) is 27.4. The van der Waals surface area contributed by atoms with Crippen LogP contribution < -0.4 is 13.3 Å². The van der Waals surface area contributed by atoms with Gasteiger partial charge in [-0.1, -0.05) is 62.3 Å². The van der Waals surface area contributed by atoms with Gasteiger partial charge < -0.3 is 13.3 Å². The van der Waals surface area contributed by atoms with Crippen LogP contribution in [0.4, 0.5) is 0 Å². The molecule has 0 aromatic heterocycles. The van der Waals surface area contributed by atoms with E-state index in [9.17, 15) is 0 Å². The topological polar surface area (TPSA) is 27.7 Å². The highest BCUT2D eigenvalue weighted by atomic mass is 28.4. The van der Waals surface area contributed by atoms with Gasteiger partial charge in [0, 0.05) is 18.2 Å². The van der Waals surface area contributed by atoms with Gasteiger partial charge in [-0.25, -0.2) is 0 Å². The summed E-state index contributed by atoms with van der Waals surface area (Å²) in [6.45, 7) is 34.1. The van der Waals surface area contributed by atoms with Crippen molar-refractivity contribution in [2.45, 2.75) is 117 Å². The summed E-state index contributed by atoms with van der Waals surface area (Å²) >= 11 is 0. The Kier molecular flexibility index (Phi) is 7.57. The largest absolute Gasteiger partial charge is 0.543 e. The fourth-order valence-corrected chi connectivity index (χ4v) is 5.11. The molecule has 0 aliphatic carbocycles.